The number of rotatable bonds is 4. The lowest BCUT2D eigenvalue weighted by atomic mass is 10.2. The first-order chi connectivity index (χ1) is 10.4. The molecule has 0 aromatic carbocycles. The first-order valence-corrected chi connectivity index (χ1v) is 7.39. The van der Waals surface area contributed by atoms with Crippen molar-refractivity contribution in [1.29, 1.82) is 0 Å². The van der Waals surface area contributed by atoms with Crippen LogP contribution in [0.15, 0.2) is 22.8 Å². The van der Waals surface area contributed by atoms with E-state index in [0.29, 0.717) is 0 Å². The fraction of sp³-hybridized carbons (Fsp3) is 0.600. The van der Waals surface area contributed by atoms with Crippen molar-refractivity contribution >= 4 is 11.9 Å². The highest BCUT2D eigenvalue weighted by Gasteiger charge is 2.20. The lowest BCUT2D eigenvalue weighted by molar-refractivity contribution is -0.159. The second-order valence-electron chi connectivity index (χ2n) is 5.26. The lowest BCUT2D eigenvalue weighted by Crippen LogP contribution is -2.48. The van der Waals surface area contributed by atoms with E-state index < -0.39 is 11.9 Å². The van der Waals surface area contributed by atoms with Crippen LogP contribution in [0.25, 0.3) is 0 Å². The number of carboxylic acids is 2. The van der Waals surface area contributed by atoms with Gasteiger partial charge >= 0.3 is 11.9 Å². The minimum absolute atomic E-state index is 0.728. The van der Waals surface area contributed by atoms with Gasteiger partial charge in [-0.2, -0.15) is 0 Å². The van der Waals surface area contributed by atoms with Crippen LogP contribution in [0, 0.1) is 0 Å². The van der Waals surface area contributed by atoms with Crippen molar-refractivity contribution in [2.45, 2.75) is 32.9 Å². The van der Waals surface area contributed by atoms with Gasteiger partial charge in [0.2, 0.25) is 0 Å². The molecular weight excluding hydrogens is 288 g/mol. The Bertz CT molecular complexity index is 441. The molecule has 1 aromatic heterocycles. The average Bonchev–Trinajstić information content (AvgIpc) is 3.00. The van der Waals surface area contributed by atoms with Gasteiger partial charge < -0.3 is 14.6 Å². The highest BCUT2D eigenvalue weighted by Crippen LogP contribution is 2.11. The van der Waals surface area contributed by atoms with Gasteiger partial charge in [0.15, 0.2) is 0 Å². The van der Waals surface area contributed by atoms with Crippen LogP contribution in [0.3, 0.4) is 0 Å². The summed E-state index contributed by atoms with van der Waals surface area (Å²) in [4.78, 5) is 23.3. The minimum Gasteiger partial charge on any atom is -0.473 e. The van der Waals surface area contributed by atoms with Gasteiger partial charge in [0.25, 0.3) is 0 Å². The molecule has 7 heteroatoms. The Labute approximate surface area is 130 Å². The highest BCUT2D eigenvalue weighted by molar-refractivity contribution is 6.27. The van der Waals surface area contributed by atoms with E-state index in [1.54, 1.807) is 6.26 Å². The van der Waals surface area contributed by atoms with Crippen LogP contribution in [0.4, 0.5) is 0 Å². The first kappa shape index (κ1) is 18.2. The molecule has 124 valence electrons. The van der Waals surface area contributed by atoms with E-state index >= 15 is 0 Å². The number of carboxylic acid groups (broad SMARTS) is 2. The van der Waals surface area contributed by atoms with Crippen molar-refractivity contribution in [2.75, 3.05) is 26.2 Å². The van der Waals surface area contributed by atoms with Crippen LogP contribution >= 0.6 is 0 Å². The van der Waals surface area contributed by atoms with Gasteiger partial charge in [0.1, 0.15) is 5.76 Å². The Morgan fingerprint density at radius 3 is 2.23 bits per heavy atom. The molecule has 1 aromatic rings. The molecular formula is C15H24N2O5. The van der Waals surface area contributed by atoms with Crippen molar-refractivity contribution in [3.63, 3.8) is 0 Å². The molecule has 2 heterocycles. The van der Waals surface area contributed by atoms with Gasteiger partial charge in [-0.25, -0.2) is 9.59 Å². The highest BCUT2D eigenvalue weighted by atomic mass is 16.4. The minimum atomic E-state index is -1.82. The molecule has 22 heavy (non-hydrogen) atoms. The SMILES string of the molecule is CCC(C)N1CCN(Cc2ccco2)CC1.O=C(O)C(=O)O. The van der Waals surface area contributed by atoms with Gasteiger partial charge in [-0.05, 0) is 25.5 Å². The summed E-state index contributed by atoms with van der Waals surface area (Å²) in [7, 11) is 0. The van der Waals surface area contributed by atoms with E-state index in [2.05, 4.69) is 29.7 Å². The van der Waals surface area contributed by atoms with Crippen LogP contribution in [0.1, 0.15) is 26.0 Å². The summed E-state index contributed by atoms with van der Waals surface area (Å²) in [5, 5.41) is 14.8. The van der Waals surface area contributed by atoms with E-state index in [0.717, 1.165) is 31.4 Å². The first-order valence-electron chi connectivity index (χ1n) is 7.39. The van der Waals surface area contributed by atoms with Crippen LogP contribution < -0.4 is 0 Å². The van der Waals surface area contributed by atoms with Gasteiger partial charge in [-0.15, -0.1) is 0 Å². The quantitative estimate of drug-likeness (QED) is 0.810. The summed E-state index contributed by atoms with van der Waals surface area (Å²) in [6, 6.07) is 4.75. The largest absolute Gasteiger partial charge is 0.473 e. The number of aliphatic carboxylic acids is 2. The zero-order valence-electron chi connectivity index (χ0n) is 13.1. The van der Waals surface area contributed by atoms with E-state index in [1.165, 1.54) is 19.5 Å². The topological polar surface area (TPSA) is 94.2 Å². The van der Waals surface area contributed by atoms with Crippen LogP contribution in [0.2, 0.25) is 0 Å². The van der Waals surface area contributed by atoms with Crippen molar-refractivity contribution < 1.29 is 24.2 Å². The van der Waals surface area contributed by atoms with Gasteiger partial charge in [-0.1, -0.05) is 6.92 Å². The van der Waals surface area contributed by atoms with Crippen molar-refractivity contribution in [2.24, 2.45) is 0 Å². The van der Waals surface area contributed by atoms with Gasteiger partial charge in [0, 0.05) is 32.2 Å². The summed E-state index contributed by atoms with van der Waals surface area (Å²) >= 11 is 0. The molecule has 0 saturated carbocycles. The fourth-order valence-corrected chi connectivity index (χ4v) is 2.24. The van der Waals surface area contributed by atoms with E-state index in [9.17, 15) is 0 Å². The molecule has 2 rings (SSSR count). The second-order valence-corrected chi connectivity index (χ2v) is 5.26. The predicted octanol–water partition coefficient (Wildman–Crippen LogP) is 1.35. The molecule has 1 atom stereocenters. The molecule has 1 unspecified atom stereocenters. The number of furan rings is 1. The molecule has 1 aliphatic heterocycles. The average molecular weight is 312 g/mol. The van der Waals surface area contributed by atoms with Crippen molar-refractivity contribution in [1.82, 2.24) is 9.80 Å². The molecule has 0 spiro atoms. The molecule has 0 radical (unpaired) electrons. The molecule has 2 N–H and O–H groups in total. The zero-order valence-corrected chi connectivity index (χ0v) is 13.1. The summed E-state index contributed by atoms with van der Waals surface area (Å²) in [6.07, 6.45) is 3.00. The summed E-state index contributed by atoms with van der Waals surface area (Å²) in [5.74, 6) is -2.57. The van der Waals surface area contributed by atoms with Crippen molar-refractivity contribution in [3.8, 4) is 0 Å². The fourth-order valence-electron chi connectivity index (χ4n) is 2.24. The molecule has 1 aliphatic rings. The smallest absolute Gasteiger partial charge is 0.414 e. The van der Waals surface area contributed by atoms with Crippen molar-refractivity contribution in [3.05, 3.63) is 24.2 Å². The van der Waals surface area contributed by atoms with Crippen LogP contribution in [-0.2, 0) is 16.1 Å². The second kappa shape index (κ2) is 9.22. The maximum absolute atomic E-state index is 9.10. The Morgan fingerprint density at radius 1 is 1.23 bits per heavy atom. The molecule has 0 bridgehead atoms. The monoisotopic (exact) mass is 312 g/mol. The van der Waals surface area contributed by atoms with E-state index in [4.69, 9.17) is 24.2 Å². The third-order valence-electron chi connectivity index (χ3n) is 3.76. The predicted molar refractivity (Wildman–Crippen MR) is 80.6 cm³/mol. The van der Waals surface area contributed by atoms with E-state index in [-0.39, 0.29) is 0 Å². The van der Waals surface area contributed by atoms with E-state index in [1.807, 2.05) is 6.07 Å². The molecule has 0 aliphatic carbocycles. The molecule has 1 saturated heterocycles. The van der Waals surface area contributed by atoms with Gasteiger partial charge in [0.05, 0.1) is 12.8 Å². The standard InChI is InChI=1S/C13H22N2O.C2H2O4/c1-3-12(2)15-8-6-14(7-9-15)11-13-5-4-10-16-13;3-1(4)2(5)6/h4-5,10,12H,3,6-9,11H2,1-2H3;(H,3,4)(H,5,6). The Morgan fingerprint density at radius 2 is 1.82 bits per heavy atom. The lowest BCUT2D eigenvalue weighted by Gasteiger charge is -2.37. The Hall–Kier alpha value is -1.86. The normalized spacial score (nSPS) is 17.4. The number of carbonyl (C=O) groups is 2. The summed E-state index contributed by atoms with van der Waals surface area (Å²) < 4.78 is 5.38. The maximum atomic E-state index is 9.10. The summed E-state index contributed by atoms with van der Waals surface area (Å²) in [5.41, 5.74) is 0. The molecule has 7 nitrogen and oxygen atoms in total. The number of nitrogens with zero attached hydrogens (tertiary/aromatic N) is 2. The summed E-state index contributed by atoms with van der Waals surface area (Å²) in [6.45, 7) is 10.2. The molecule has 1 fully saturated rings. The number of hydrogen-bond acceptors (Lipinski definition) is 5. The third-order valence-corrected chi connectivity index (χ3v) is 3.76. The van der Waals surface area contributed by atoms with Gasteiger partial charge in [-0.3, -0.25) is 9.80 Å². The molecule has 0 amide bonds. The maximum Gasteiger partial charge on any atom is 0.414 e. The Balaban J connectivity index is 0.000000346. The number of piperazine rings is 1. The van der Waals surface area contributed by atoms with Crippen LogP contribution in [0.5, 0.6) is 0 Å². The number of hydrogen-bond donors (Lipinski definition) is 2. The zero-order chi connectivity index (χ0) is 16.5. The Kier molecular flexibility index (Phi) is 7.62. The van der Waals surface area contributed by atoms with Crippen LogP contribution in [-0.4, -0.2) is 64.2 Å². The third kappa shape index (κ3) is 6.28.